The lowest BCUT2D eigenvalue weighted by atomic mass is 9.49. The second-order valence-electron chi connectivity index (χ2n) is 8.24. The Kier molecular flexibility index (Phi) is 5.63. The van der Waals surface area contributed by atoms with Crippen molar-refractivity contribution in [3.8, 4) is 0 Å². The van der Waals surface area contributed by atoms with Crippen LogP contribution in [-0.4, -0.2) is 18.2 Å². The van der Waals surface area contributed by atoms with E-state index < -0.39 is 0 Å². The molecule has 4 aliphatic carbocycles. The second kappa shape index (κ2) is 6.80. The molecule has 0 N–H and O–H groups in total. The smallest absolute Gasteiger partial charge is 0.312 e. The summed E-state index contributed by atoms with van der Waals surface area (Å²) in [5.74, 6) is 3.17. The Morgan fingerprint density at radius 2 is 1.50 bits per heavy atom. The molecule has 4 rings (SSSR count). The predicted molar refractivity (Wildman–Crippen MR) is 95.9 cm³/mol. The van der Waals surface area contributed by atoms with E-state index in [2.05, 4.69) is 23.1 Å². The molecule has 4 aliphatic rings. The van der Waals surface area contributed by atoms with E-state index in [1.165, 1.54) is 32.1 Å². The van der Waals surface area contributed by atoms with Crippen LogP contribution in [0, 0.1) is 29.1 Å². The standard InChI is InChI=1S/C18H30O2.CH5P/c1-5-17(3,4)16(19)20-18(6-2)14-8-12-7-13(10-14)11-15(18)9-12;1-2/h12-15H,5-11H2,1-4H3;2H2,1H3. The zero-order chi connectivity index (χ0) is 16.5. The van der Waals surface area contributed by atoms with E-state index in [0.29, 0.717) is 11.8 Å². The van der Waals surface area contributed by atoms with E-state index in [0.717, 1.165) is 24.7 Å². The molecule has 0 aromatic carbocycles. The minimum atomic E-state index is -0.336. The fourth-order valence-electron chi connectivity index (χ4n) is 5.25. The third-order valence-electron chi connectivity index (χ3n) is 6.79. The molecule has 0 aromatic heterocycles. The fraction of sp³-hybridized carbons (Fsp3) is 0.947. The Bertz CT molecular complexity index is 374. The highest BCUT2D eigenvalue weighted by Gasteiger charge is 2.59. The number of hydrogen-bond acceptors (Lipinski definition) is 2. The van der Waals surface area contributed by atoms with Crippen molar-refractivity contribution in [3.63, 3.8) is 0 Å². The lowest BCUT2D eigenvalue weighted by molar-refractivity contribution is -0.218. The van der Waals surface area contributed by atoms with Crippen molar-refractivity contribution in [1.82, 2.24) is 0 Å². The first kappa shape index (κ1) is 18.2. The van der Waals surface area contributed by atoms with Crippen molar-refractivity contribution < 1.29 is 9.53 Å². The van der Waals surface area contributed by atoms with Gasteiger partial charge in [-0.3, -0.25) is 4.79 Å². The van der Waals surface area contributed by atoms with Crippen molar-refractivity contribution in [2.75, 3.05) is 6.66 Å². The highest BCUT2D eigenvalue weighted by Crippen LogP contribution is 2.60. The van der Waals surface area contributed by atoms with Gasteiger partial charge in [-0.1, -0.05) is 20.5 Å². The summed E-state index contributed by atoms with van der Waals surface area (Å²) in [6.45, 7) is 10.3. The van der Waals surface area contributed by atoms with Gasteiger partial charge in [-0.15, -0.1) is 9.24 Å². The van der Waals surface area contributed by atoms with Gasteiger partial charge in [0.15, 0.2) is 0 Å². The van der Waals surface area contributed by atoms with Crippen molar-refractivity contribution >= 4 is 15.2 Å². The zero-order valence-corrected chi connectivity index (χ0v) is 16.3. The first-order chi connectivity index (χ1) is 10.4. The Morgan fingerprint density at radius 1 is 1.05 bits per heavy atom. The third kappa shape index (κ3) is 2.97. The molecule has 22 heavy (non-hydrogen) atoms. The lowest BCUT2D eigenvalue weighted by Gasteiger charge is -2.60. The maximum Gasteiger partial charge on any atom is 0.312 e. The number of ether oxygens (including phenoxy) is 1. The third-order valence-corrected chi connectivity index (χ3v) is 6.79. The molecule has 0 radical (unpaired) electrons. The fourth-order valence-corrected chi connectivity index (χ4v) is 5.25. The molecule has 4 bridgehead atoms. The number of rotatable bonds is 4. The molecular weight excluding hydrogens is 291 g/mol. The van der Waals surface area contributed by atoms with E-state index in [9.17, 15) is 4.79 Å². The van der Waals surface area contributed by atoms with Gasteiger partial charge in [0.25, 0.3) is 0 Å². The summed E-state index contributed by atoms with van der Waals surface area (Å²) in [4.78, 5) is 12.6. The van der Waals surface area contributed by atoms with Gasteiger partial charge in [-0.25, -0.2) is 0 Å². The van der Waals surface area contributed by atoms with Gasteiger partial charge >= 0.3 is 5.97 Å². The van der Waals surface area contributed by atoms with E-state index in [1.807, 2.05) is 20.5 Å². The molecular formula is C19H35O2P. The molecule has 2 nitrogen and oxygen atoms in total. The van der Waals surface area contributed by atoms with E-state index in [-0.39, 0.29) is 17.0 Å². The van der Waals surface area contributed by atoms with Gasteiger partial charge in [0.1, 0.15) is 5.60 Å². The van der Waals surface area contributed by atoms with E-state index in [1.54, 1.807) is 0 Å². The molecule has 0 heterocycles. The molecule has 128 valence electrons. The molecule has 0 amide bonds. The van der Waals surface area contributed by atoms with Crippen molar-refractivity contribution in [2.24, 2.45) is 29.1 Å². The largest absolute Gasteiger partial charge is 0.458 e. The van der Waals surface area contributed by atoms with Crippen LogP contribution in [0.25, 0.3) is 0 Å². The minimum Gasteiger partial charge on any atom is -0.458 e. The summed E-state index contributed by atoms with van der Waals surface area (Å²) < 4.78 is 6.28. The van der Waals surface area contributed by atoms with Gasteiger partial charge < -0.3 is 4.74 Å². The van der Waals surface area contributed by atoms with Crippen LogP contribution < -0.4 is 0 Å². The highest BCUT2D eigenvalue weighted by molar-refractivity contribution is 7.15. The van der Waals surface area contributed by atoms with Crippen molar-refractivity contribution in [1.29, 1.82) is 0 Å². The topological polar surface area (TPSA) is 26.3 Å². The Balaban J connectivity index is 0.000000847. The van der Waals surface area contributed by atoms with E-state index in [4.69, 9.17) is 4.74 Å². The summed E-state index contributed by atoms with van der Waals surface area (Å²) in [5.41, 5.74) is -0.465. The average molecular weight is 326 g/mol. The van der Waals surface area contributed by atoms with Crippen LogP contribution in [0.5, 0.6) is 0 Å². The van der Waals surface area contributed by atoms with Crippen molar-refractivity contribution in [3.05, 3.63) is 0 Å². The van der Waals surface area contributed by atoms with Gasteiger partial charge in [-0.05, 0) is 82.5 Å². The van der Waals surface area contributed by atoms with Crippen LogP contribution in [0.15, 0.2) is 0 Å². The van der Waals surface area contributed by atoms with Crippen LogP contribution in [0.1, 0.15) is 72.6 Å². The summed E-state index contributed by atoms with van der Waals surface area (Å²) in [6, 6.07) is 0. The second-order valence-corrected chi connectivity index (χ2v) is 8.24. The number of hydrogen-bond donors (Lipinski definition) is 0. The highest BCUT2D eigenvalue weighted by atomic mass is 31.0. The molecule has 1 unspecified atom stereocenters. The van der Waals surface area contributed by atoms with Gasteiger partial charge in [-0.2, -0.15) is 0 Å². The molecule has 0 spiro atoms. The average Bonchev–Trinajstić information content (AvgIpc) is 2.52. The number of carbonyl (C=O) groups is 1. The van der Waals surface area contributed by atoms with Gasteiger partial charge in [0, 0.05) is 0 Å². The quantitative estimate of drug-likeness (QED) is 0.533. The molecule has 0 saturated heterocycles. The molecule has 0 aromatic rings. The summed E-state index contributed by atoms with van der Waals surface area (Å²) in [6.07, 6.45) is 8.53. The lowest BCUT2D eigenvalue weighted by Crippen LogP contribution is -2.60. The van der Waals surface area contributed by atoms with Crippen LogP contribution in [0.2, 0.25) is 0 Å². The normalized spacial score (nSPS) is 39.2. The predicted octanol–water partition coefficient (Wildman–Crippen LogP) is 5.06. The van der Waals surface area contributed by atoms with Crippen LogP contribution in [-0.2, 0) is 9.53 Å². The molecule has 1 atom stereocenters. The van der Waals surface area contributed by atoms with Crippen LogP contribution >= 0.6 is 9.24 Å². The first-order valence-corrected chi connectivity index (χ1v) is 10.4. The van der Waals surface area contributed by atoms with E-state index >= 15 is 0 Å². The molecule has 4 fully saturated rings. The molecule has 0 aliphatic heterocycles. The Hall–Kier alpha value is -0.100. The SMILES string of the molecule is CCC(C)(C)C(=O)OC1(CC)C2CC3CC(C2)CC1C3.CP. The number of carbonyl (C=O) groups excluding carboxylic acids is 1. The van der Waals surface area contributed by atoms with Crippen LogP contribution in [0.3, 0.4) is 0 Å². The maximum absolute atomic E-state index is 12.6. The Labute approximate surface area is 139 Å². The maximum atomic E-state index is 12.6. The first-order valence-electron chi connectivity index (χ1n) is 9.22. The number of esters is 1. The minimum absolute atomic E-state index is 0.0364. The monoisotopic (exact) mass is 326 g/mol. The van der Waals surface area contributed by atoms with Gasteiger partial charge in [0.05, 0.1) is 5.41 Å². The molecule has 3 heteroatoms. The molecule has 4 saturated carbocycles. The summed E-state index contributed by atoms with van der Waals surface area (Å²) in [5, 5.41) is 0. The van der Waals surface area contributed by atoms with Crippen LogP contribution in [0.4, 0.5) is 0 Å². The zero-order valence-electron chi connectivity index (χ0n) is 15.2. The summed E-state index contributed by atoms with van der Waals surface area (Å²) in [7, 11) is 2.42. The Morgan fingerprint density at radius 3 is 1.86 bits per heavy atom. The summed E-state index contributed by atoms with van der Waals surface area (Å²) >= 11 is 0. The van der Waals surface area contributed by atoms with Gasteiger partial charge in [0.2, 0.25) is 0 Å². The van der Waals surface area contributed by atoms with Crippen molar-refractivity contribution in [2.45, 2.75) is 78.2 Å².